The monoisotopic (exact) mass is 190 g/mol. The molecule has 0 amide bonds. The maximum Gasteiger partial charge on any atom is 0.0878 e. The third-order valence-electron chi connectivity index (χ3n) is 2.39. The van der Waals surface area contributed by atoms with E-state index in [1.165, 1.54) is 0 Å². The molecule has 2 rings (SSSR count). The fourth-order valence-electron chi connectivity index (χ4n) is 1.70. The Hall–Kier alpha value is -1.84. The predicted octanol–water partition coefficient (Wildman–Crippen LogP) is 1.84. The molecular weight excluding hydrogens is 180 g/mol. The molecule has 0 atom stereocenters. The lowest BCUT2D eigenvalue weighted by Gasteiger charge is -2.16. The summed E-state index contributed by atoms with van der Waals surface area (Å²) in [5.41, 5.74) is 2.98. The molecule has 4 heteroatoms. The smallest absolute Gasteiger partial charge is 0.0878 e. The average Bonchev–Trinajstić information content (AvgIpc) is 2.27. The van der Waals surface area contributed by atoms with Crippen molar-refractivity contribution >= 4 is 11.4 Å². The van der Waals surface area contributed by atoms with Gasteiger partial charge in [-0.1, -0.05) is 34.6 Å². The SMILES string of the molecule is ON=C1CCC(=NO)c2ccccc21. The van der Waals surface area contributed by atoms with E-state index in [0.717, 1.165) is 11.1 Å². The summed E-state index contributed by atoms with van der Waals surface area (Å²) in [6, 6.07) is 7.44. The van der Waals surface area contributed by atoms with Crippen molar-refractivity contribution in [2.24, 2.45) is 10.3 Å². The number of nitrogens with zero attached hydrogens (tertiary/aromatic N) is 2. The van der Waals surface area contributed by atoms with E-state index in [1.807, 2.05) is 24.3 Å². The Balaban J connectivity index is 2.60. The van der Waals surface area contributed by atoms with Crippen LogP contribution in [0.25, 0.3) is 0 Å². The normalized spacial score (nSPS) is 21.1. The molecule has 0 aliphatic heterocycles. The first kappa shape index (κ1) is 8.74. The van der Waals surface area contributed by atoms with Gasteiger partial charge in [-0.15, -0.1) is 0 Å². The second-order valence-corrected chi connectivity index (χ2v) is 3.14. The number of hydrogen-bond acceptors (Lipinski definition) is 4. The van der Waals surface area contributed by atoms with Crippen LogP contribution in [0.1, 0.15) is 24.0 Å². The molecule has 0 heterocycles. The molecule has 1 aliphatic rings. The van der Waals surface area contributed by atoms with Crippen LogP contribution >= 0.6 is 0 Å². The highest BCUT2D eigenvalue weighted by Gasteiger charge is 2.20. The Morgan fingerprint density at radius 1 is 0.857 bits per heavy atom. The van der Waals surface area contributed by atoms with Gasteiger partial charge in [0.2, 0.25) is 0 Å². The lowest BCUT2D eigenvalue weighted by Crippen LogP contribution is -2.18. The minimum absolute atomic E-state index is 0.604. The zero-order valence-electron chi connectivity index (χ0n) is 7.51. The molecule has 14 heavy (non-hydrogen) atoms. The summed E-state index contributed by atoms with van der Waals surface area (Å²) >= 11 is 0. The Labute approximate surface area is 81.2 Å². The van der Waals surface area contributed by atoms with E-state index >= 15 is 0 Å². The molecule has 0 saturated heterocycles. The summed E-state index contributed by atoms with van der Waals surface area (Å²) in [5, 5.41) is 24.0. The molecule has 1 aromatic carbocycles. The molecule has 0 fully saturated rings. The minimum Gasteiger partial charge on any atom is -0.411 e. The van der Waals surface area contributed by atoms with E-state index in [4.69, 9.17) is 10.4 Å². The Morgan fingerprint density at radius 3 is 1.64 bits per heavy atom. The highest BCUT2D eigenvalue weighted by Crippen LogP contribution is 2.21. The summed E-state index contributed by atoms with van der Waals surface area (Å²) < 4.78 is 0. The van der Waals surface area contributed by atoms with Crippen LogP contribution in [0, 0.1) is 0 Å². The summed E-state index contributed by atoms with van der Waals surface area (Å²) in [6.07, 6.45) is 1.21. The van der Waals surface area contributed by atoms with Crippen LogP contribution in [-0.4, -0.2) is 21.8 Å². The molecule has 0 saturated carbocycles. The van der Waals surface area contributed by atoms with Crippen LogP contribution in [0.2, 0.25) is 0 Å². The van der Waals surface area contributed by atoms with Gasteiger partial charge in [0.15, 0.2) is 0 Å². The topological polar surface area (TPSA) is 65.2 Å². The maximum absolute atomic E-state index is 8.78. The van der Waals surface area contributed by atoms with Crippen molar-refractivity contribution in [3.8, 4) is 0 Å². The van der Waals surface area contributed by atoms with Gasteiger partial charge in [0, 0.05) is 11.1 Å². The number of hydrogen-bond donors (Lipinski definition) is 2. The van der Waals surface area contributed by atoms with Gasteiger partial charge in [-0.3, -0.25) is 0 Å². The van der Waals surface area contributed by atoms with Gasteiger partial charge in [-0.2, -0.15) is 0 Å². The molecule has 4 nitrogen and oxygen atoms in total. The number of rotatable bonds is 0. The van der Waals surface area contributed by atoms with Crippen molar-refractivity contribution in [1.82, 2.24) is 0 Å². The maximum atomic E-state index is 8.78. The van der Waals surface area contributed by atoms with Gasteiger partial charge in [-0.05, 0) is 12.8 Å². The predicted molar refractivity (Wildman–Crippen MR) is 52.3 cm³/mol. The van der Waals surface area contributed by atoms with Crippen LogP contribution < -0.4 is 0 Å². The quantitative estimate of drug-likeness (QED) is 0.484. The van der Waals surface area contributed by atoms with E-state index < -0.39 is 0 Å². The first-order valence-electron chi connectivity index (χ1n) is 4.38. The number of oxime groups is 2. The van der Waals surface area contributed by atoms with Gasteiger partial charge in [0.1, 0.15) is 0 Å². The largest absolute Gasteiger partial charge is 0.411 e. The highest BCUT2D eigenvalue weighted by molar-refractivity contribution is 6.17. The second-order valence-electron chi connectivity index (χ2n) is 3.14. The first-order valence-corrected chi connectivity index (χ1v) is 4.38. The highest BCUT2D eigenvalue weighted by atomic mass is 16.4. The number of fused-ring (bicyclic) bond motifs is 1. The van der Waals surface area contributed by atoms with Crippen molar-refractivity contribution in [3.05, 3.63) is 35.4 Å². The van der Waals surface area contributed by atoms with Gasteiger partial charge < -0.3 is 10.4 Å². The summed E-state index contributed by atoms with van der Waals surface area (Å²) in [7, 11) is 0. The molecule has 72 valence electrons. The Kier molecular flexibility index (Phi) is 2.18. The fraction of sp³-hybridized carbons (Fsp3) is 0.200. The molecule has 0 bridgehead atoms. The average molecular weight is 190 g/mol. The van der Waals surface area contributed by atoms with E-state index in [9.17, 15) is 0 Å². The molecule has 0 radical (unpaired) electrons. The van der Waals surface area contributed by atoms with Crippen LogP contribution in [-0.2, 0) is 0 Å². The van der Waals surface area contributed by atoms with Crippen LogP contribution in [0.4, 0.5) is 0 Å². The van der Waals surface area contributed by atoms with E-state index in [-0.39, 0.29) is 0 Å². The van der Waals surface area contributed by atoms with E-state index in [1.54, 1.807) is 0 Å². The first-order chi connectivity index (χ1) is 6.86. The molecule has 0 aromatic heterocycles. The van der Waals surface area contributed by atoms with Crippen LogP contribution in [0.3, 0.4) is 0 Å². The van der Waals surface area contributed by atoms with Gasteiger partial charge >= 0.3 is 0 Å². The lowest BCUT2D eigenvalue weighted by molar-refractivity contribution is 0.315. The fourth-order valence-corrected chi connectivity index (χ4v) is 1.70. The third-order valence-corrected chi connectivity index (χ3v) is 2.39. The van der Waals surface area contributed by atoms with E-state index in [2.05, 4.69) is 10.3 Å². The van der Waals surface area contributed by atoms with Crippen molar-refractivity contribution in [3.63, 3.8) is 0 Å². The third kappa shape index (κ3) is 1.25. The van der Waals surface area contributed by atoms with Gasteiger partial charge in [0.05, 0.1) is 11.4 Å². The Bertz CT molecular complexity index is 371. The summed E-state index contributed by atoms with van der Waals surface area (Å²) in [6.45, 7) is 0. The number of benzene rings is 1. The lowest BCUT2D eigenvalue weighted by atomic mass is 9.89. The van der Waals surface area contributed by atoms with Crippen molar-refractivity contribution < 1.29 is 10.4 Å². The van der Waals surface area contributed by atoms with Gasteiger partial charge in [0.25, 0.3) is 0 Å². The molecule has 0 unspecified atom stereocenters. The molecular formula is C10H10N2O2. The van der Waals surface area contributed by atoms with Crippen molar-refractivity contribution in [2.45, 2.75) is 12.8 Å². The van der Waals surface area contributed by atoms with Gasteiger partial charge in [-0.25, -0.2) is 0 Å². The van der Waals surface area contributed by atoms with Crippen molar-refractivity contribution in [2.75, 3.05) is 0 Å². The van der Waals surface area contributed by atoms with Crippen LogP contribution in [0.5, 0.6) is 0 Å². The zero-order valence-corrected chi connectivity index (χ0v) is 7.51. The van der Waals surface area contributed by atoms with E-state index in [0.29, 0.717) is 24.3 Å². The molecule has 1 aromatic rings. The standard InChI is InChI=1S/C10H10N2O2/c13-11-9-5-6-10(12-14)8-4-2-1-3-7(8)9/h1-4,13-14H,5-6H2. The molecule has 1 aliphatic carbocycles. The summed E-state index contributed by atoms with van der Waals surface area (Å²) in [4.78, 5) is 0. The Morgan fingerprint density at radius 2 is 1.29 bits per heavy atom. The molecule has 2 N–H and O–H groups in total. The van der Waals surface area contributed by atoms with Crippen molar-refractivity contribution in [1.29, 1.82) is 0 Å². The van der Waals surface area contributed by atoms with Crippen LogP contribution in [0.15, 0.2) is 34.6 Å². The minimum atomic E-state index is 0.604. The second kappa shape index (κ2) is 3.49. The molecule has 0 spiro atoms. The summed E-state index contributed by atoms with van der Waals surface area (Å²) in [5.74, 6) is 0. The zero-order chi connectivity index (χ0) is 9.97.